The summed E-state index contributed by atoms with van der Waals surface area (Å²) in [6.45, 7) is 20.5. The van der Waals surface area contributed by atoms with Crippen LogP contribution < -0.4 is 0 Å². The lowest BCUT2D eigenvalue weighted by molar-refractivity contribution is -0.359. The summed E-state index contributed by atoms with van der Waals surface area (Å²) < 4.78 is 0. The molecule has 0 saturated heterocycles. The van der Waals surface area contributed by atoms with Crippen LogP contribution in [0.1, 0.15) is 364 Å². The van der Waals surface area contributed by atoms with Crippen LogP contribution in [0.3, 0.4) is 0 Å². The quantitative estimate of drug-likeness (QED) is 0.0769. The standard InChI is InChI=1S/C72H122/c1-9-17-25-59-33-57-34-60(39-59,26-18-10-2)44-67(37-57,43-59)69-47-63(29-21-13-5)41-64(48-69,30-22-14-6)52-71(51-63,55-69)72-53-65(31-23-15-7)42-66(54-72,32-24-16-8)50-70(49-65,56-72)68-38-58-35-61(45-68,27-19-11-3)40-62(36-58,46-68)28-20-12-4/h57-58H,9-56H2,1-8H3/t57?,58?,59-,60+,61-,62+,63-,64+,65-,66+,67?,68?,69?,70?,71?,72?. The average molecular weight is 988 g/mol. The molecule has 0 spiro atoms. The van der Waals surface area contributed by atoms with E-state index in [0.717, 1.165) is 11.8 Å². The van der Waals surface area contributed by atoms with E-state index < -0.39 is 0 Å². The van der Waals surface area contributed by atoms with Crippen molar-refractivity contribution >= 4 is 0 Å². The highest BCUT2D eigenvalue weighted by atomic mass is 14.9. The van der Waals surface area contributed by atoms with Crippen LogP contribution in [-0.2, 0) is 0 Å². The van der Waals surface area contributed by atoms with Crippen molar-refractivity contribution in [1.29, 1.82) is 0 Å². The Morgan fingerprint density at radius 3 is 0.597 bits per heavy atom. The molecule has 0 amide bonds. The summed E-state index contributed by atoms with van der Waals surface area (Å²) in [4.78, 5) is 0. The fraction of sp³-hybridized carbons (Fsp3) is 1.00. The minimum Gasteiger partial charge on any atom is -0.0654 e. The maximum Gasteiger partial charge on any atom is -0.0224 e. The second kappa shape index (κ2) is 18.3. The van der Waals surface area contributed by atoms with Crippen molar-refractivity contribution < 1.29 is 0 Å². The molecule has 8 unspecified atom stereocenters. The Hall–Kier alpha value is 0. The van der Waals surface area contributed by atoms with Crippen LogP contribution in [0, 0.1) is 87.6 Å². The first-order valence-corrected chi connectivity index (χ1v) is 34.5. The van der Waals surface area contributed by atoms with Crippen molar-refractivity contribution in [3.63, 3.8) is 0 Å². The van der Waals surface area contributed by atoms with Crippen LogP contribution in [-0.4, -0.2) is 0 Å². The van der Waals surface area contributed by atoms with Gasteiger partial charge in [-0.2, -0.15) is 0 Å². The van der Waals surface area contributed by atoms with Gasteiger partial charge in [-0.3, -0.25) is 0 Å². The fourth-order valence-corrected chi connectivity index (χ4v) is 29.8. The van der Waals surface area contributed by atoms with Crippen LogP contribution in [0.25, 0.3) is 0 Å². The highest BCUT2D eigenvalue weighted by molar-refractivity contribution is 5.33. The Morgan fingerprint density at radius 2 is 0.375 bits per heavy atom. The van der Waals surface area contributed by atoms with E-state index in [1.165, 1.54) is 103 Å². The fourth-order valence-electron chi connectivity index (χ4n) is 29.8. The molecule has 72 heavy (non-hydrogen) atoms. The molecule has 0 nitrogen and oxygen atoms in total. The average Bonchev–Trinajstić information content (AvgIpc) is 3.32. The number of hydrogen-bond donors (Lipinski definition) is 0. The van der Waals surface area contributed by atoms with Gasteiger partial charge >= 0.3 is 0 Å². The summed E-state index contributed by atoms with van der Waals surface area (Å²) in [5, 5.41) is 0. The zero-order chi connectivity index (χ0) is 50.1. The Bertz CT molecular complexity index is 1710. The van der Waals surface area contributed by atoms with Crippen molar-refractivity contribution in [2.24, 2.45) is 87.6 Å². The van der Waals surface area contributed by atoms with Gasteiger partial charge in [0.1, 0.15) is 0 Å². The maximum atomic E-state index is 2.59. The Morgan fingerprint density at radius 1 is 0.194 bits per heavy atom. The summed E-state index contributed by atoms with van der Waals surface area (Å²) in [7, 11) is 0. The third-order valence-corrected chi connectivity index (χ3v) is 29.0. The minimum atomic E-state index is 0.587. The van der Waals surface area contributed by atoms with Gasteiger partial charge in [0.15, 0.2) is 0 Å². The van der Waals surface area contributed by atoms with Gasteiger partial charge in [0.2, 0.25) is 0 Å². The summed E-state index contributed by atoms with van der Waals surface area (Å²) in [6, 6.07) is 0. The van der Waals surface area contributed by atoms with E-state index in [-0.39, 0.29) is 0 Å². The van der Waals surface area contributed by atoms with Gasteiger partial charge in [0.05, 0.1) is 0 Å². The van der Waals surface area contributed by atoms with Gasteiger partial charge in [-0.15, -0.1) is 0 Å². The van der Waals surface area contributed by atoms with E-state index in [1.807, 2.05) is 0 Å². The zero-order valence-corrected chi connectivity index (χ0v) is 50.1. The molecule has 0 aliphatic heterocycles. The van der Waals surface area contributed by atoms with E-state index in [2.05, 4.69) is 55.4 Å². The van der Waals surface area contributed by atoms with E-state index in [1.54, 1.807) is 205 Å². The third-order valence-electron chi connectivity index (χ3n) is 29.0. The monoisotopic (exact) mass is 987 g/mol. The topological polar surface area (TPSA) is 0 Å². The second-order valence-corrected chi connectivity index (χ2v) is 34.6. The van der Waals surface area contributed by atoms with Crippen molar-refractivity contribution in [3.05, 3.63) is 0 Å². The van der Waals surface area contributed by atoms with Gasteiger partial charge < -0.3 is 0 Å². The van der Waals surface area contributed by atoms with E-state index in [0.29, 0.717) is 75.8 Å². The normalized spacial score (nSPS) is 52.7. The summed E-state index contributed by atoms with van der Waals surface area (Å²) >= 11 is 0. The van der Waals surface area contributed by atoms with Gasteiger partial charge in [0, 0.05) is 0 Å². The molecule has 0 radical (unpaired) electrons. The molecule has 0 heteroatoms. The smallest absolute Gasteiger partial charge is 0.0224 e. The molecular formula is C72H122. The molecule has 16 aliphatic carbocycles. The van der Waals surface area contributed by atoms with E-state index in [4.69, 9.17) is 0 Å². The van der Waals surface area contributed by atoms with Crippen molar-refractivity contribution in [2.45, 2.75) is 364 Å². The number of rotatable bonds is 27. The zero-order valence-electron chi connectivity index (χ0n) is 50.1. The molecule has 0 aromatic rings. The Kier molecular flexibility index (Phi) is 13.4. The molecule has 16 aliphatic rings. The van der Waals surface area contributed by atoms with Crippen LogP contribution in [0.2, 0.25) is 0 Å². The van der Waals surface area contributed by atoms with Gasteiger partial charge in [0.25, 0.3) is 0 Å². The molecule has 16 rings (SSSR count). The summed E-state index contributed by atoms with van der Waals surface area (Å²) in [5.74, 6) is 2.09. The van der Waals surface area contributed by atoms with Crippen molar-refractivity contribution in [3.8, 4) is 0 Å². The number of hydrogen-bond acceptors (Lipinski definition) is 0. The Labute approximate surface area is 449 Å². The molecule has 0 heterocycles. The molecule has 0 N–H and O–H groups in total. The highest BCUT2D eigenvalue weighted by Crippen LogP contribution is 2.93. The van der Waals surface area contributed by atoms with Gasteiger partial charge in [-0.1, -0.05) is 158 Å². The predicted molar refractivity (Wildman–Crippen MR) is 308 cm³/mol. The van der Waals surface area contributed by atoms with Crippen LogP contribution in [0.5, 0.6) is 0 Å². The molecule has 16 bridgehead atoms. The van der Waals surface area contributed by atoms with Gasteiger partial charge in [-0.25, -0.2) is 0 Å². The van der Waals surface area contributed by atoms with Crippen molar-refractivity contribution in [1.82, 2.24) is 0 Å². The maximum absolute atomic E-state index is 2.59. The first-order valence-electron chi connectivity index (χ1n) is 34.5. The minimum absolute atomic E-state index is 0.587. The summed E-state index contributed by atoms with van der Waals surface area (Å²) in [5.41, 5.74) is 8.82. The van der Waals surface area contributed by atoms with Crippen LogP contribution >= 0.6 is 0 Å². The molecular weight excluding hydrogens is 865 g/mol. The van der Waals surface area contributed by atoms with E-state index in [9.17, 15) is 0 Å². The molecule has 16 saturated carbocycles. The second-order valence-electron chi connectivity index (χ2n) is 34.6. The molecule has 0 aromatic carbocycles. The first kappa shape index (κ1) is 52.7. The molecule has 16 atom stereocenters. The van der Waals surface area contributed by atoms with E-state index >= 15 is 0 Å². The molecule has 410 valence electrons. The predicted octanol–water partition coefficient (Wildman–Crippen LogP) is 23.1. The van der Waals surface area contributed by atoms with Crippen LogP contribution in [0.4, 0.5) is 0 Å². The first-order chi connectivity index (χ1) is 34.5. The molecule has 16 fully saturated rings. The summed E-state index contributed by atoms with van der Waals surface area (Å²) in [6.07, 6.45) is 76.7. The lowest BCUT2D eigenvalue weighted by Crippen LogP contribution is -2.76. The third kappa shape index (κ3) is 7.93. The van der Waals surface area contributed by atoms with Crippen molar-refractivity contribution in [2.75, 3.05) is 0 Å². The molecule has 0 aromatic heterocycles. The van der Waals surface area contributed by atoms with Crippen LogP contribution in [0.15, 0.2) is 0 Å². The lowest BCUT2D eigenvalue weighted by Gasteiger charge is -2.86. The highest BCUT2D eigenvalue weighted by Gasteiger charge is 2.83. The number of unbranched alkanes of at least 4 members (excludes halogenated alkanes) is 8. The lowest BCUT2D eigenvalue weighted by atomic mass is 9.19. The SMILES string of the molecule is CCCC[C@]12CC3(C45CC6(C78CC9C[C@@](CCCC)(C7)C[C@](CCCC)(C9)C8)C[C@](CCCC)(C4)C[C@](CCCC)(C5)C6)CC(C45CC6C[C@@](CCCC)(C4)C[C@](CCCC)(C6)C5)(C1)C[C@@](CCCC)(C3)C2. The van der Waals surface area contributed by atoms with Gasteiger partial charge in [-0.05, 0) is 293 Å². The Balaban J connectivity index is 1.06. The largest absolute Gasteiger partial charge is 0.0654 e.